The van der Waals surface area contributed by atoms with Crippen LogP contribution in [0.3, 0.4) is 0 Å². The number of carbonyl (C=O) groups is 1. The number of methoxy groups -OCH3 is 2. The Balaban J connectivity index is 2.69. The summed E-state index contributed by atoms with van der Waals surface area (Å²) in [7, 11) is 2.74. The monoisotopic (exact) mass is 404 g/mol. The fraction of sp³-hybridized carbons (Fsp3) is 0.143. The van der Waals surface area contributed by atoms with Crippen molar-refractivity contribution in [3.8, 4) is 17.0 Å². The molecule has 1 aromatic heterocycles. The standard InChI is InChI=1S/C14H11BrCl2N2O3/c1-21-13-7(16)4-3-6(10(13)15)9-5-8(18)11(17)12(19-9)14(20)22-2/h3-5H,1-2H3,(H2,18,19). The second-order valence-electron chi connectivity index (χ2n) is 4.19. The van der Waals surface area contributed by atoms with E-state index in [1.54, 1.807) is 18.2 Å². The maximum atomic E-state index is 11.7. The number of hydrogen-bond acceptors (Lipinski definition) is 5. The van der Waals surface area contributed by atoms with Crippen LogP contribution in [-0.2, 0) is 4.74 Å². The van der Waals surface area contributed by atoms with Gasteiger partial charge in [-0.1, -0.05) is 23.2 Å². The topological polar surface area (TPSA) is 74.4 Å². The van der Waals surface area contributed by atoms with Crippen LogP contribution in [-0.4, -0.2) is 25.2 Å². The van der Waals surface area contributed by atoms with Crippen molar-refractivity contribution < 1.29 is 14.3 Å². The van der Waals surface area contributed by atoms with Crippen molar-refractivity contribution in [2.24, 2.45) is 0 Å². The molecule has 22 heavy (non-hydrogen) atoms. The summed E-state index contributed by atoms with van der Waals surface area (Å²) >= 11 is 15.5. The minimum absolute atomic E-state index is 0.0488. The van der Waals surface area contributed by atoms with Crippen LogP contribution in [0, 0.1) is 0 Å². The maximum Gasteiger partial charge on any atom is 0.358 e. The highest BCUT2D eigenvalue weighted by Gasteiger charge is 2.20. The number of ether oxygens (including phenoxy) is 2. The largest absolute Gasteiger partial charge is 0.494 e. The molecule has 0 atom stereocenters. The predicted molar refractivity (Wildman–Crippen MR) is 89.7 cm³/mol. The molecule has 0 aliphatic rings. The van der Waals surface area contributed by atoms with Gasteiger partial charge in [-0.05, 0) is 34.1 Å². The van der Waals surface area contributed by atoms with Gasteiger partial charge < -0.3 is 15.2 Å². The van der Waals surface area contributed by atoms with Gasteiger partial charge in [0, 0.05) is 5.56 Å². The van der Waals surface area contributed by atoms with E-state index in [-0.39, 0.29) is 16.4 Å². The van der Waals surface area contributed by atoms with E-state index >= 15 is 0 Å². The molecule has 0 saturated carbocycles. The molecule has 5 nitrogen and oxygen atoms in total. The first-order valence-electron chi connectivity index (χ1n) is 5.97. The van der Waals surface area contributed by atoms with Gasteiger partial charge in [0.1, 0.15) is 0 Å². The molecule has 116 valence electrons. The predicted octanol–water partition coefficient (Wildman–Crippen LogP) is 4.20. The van der Waals surface area contributed by atoms with E-state index in [9.17, 15) is 4.79 Å². The van der Waals surface area contributed by atoms with Crippen LogP contribution in [0.15, 0.2) is 22.7 Å². The molecule has 0 bridgehead atoms. The summed E-state index contributed by atoms with van der Waals surface area (Å²) < 4.78 is 10.5. The van der Waals surface area contributed by atoms with E-state index in [0.29, 0.717) is 26.5 Å². The number of benzene rings is 1. The number of nitrogen functional groups attached to an aromatic ring is 1. The Hall–Kier alpha value is -1.50. The third kappa shape index (κ3) is 2.99. The van der Waals surface area contributed by atoms with Crippen molar-refractivity contribution in [2.75, 3.05) is 20.0 Å². The minimum Gasteiger partial charge on any atom is -0.494 e. The van der Waals surface area contributed by atoms with Gasteiger partial charge in [-0.3, -0.25) is 0 Å². The van der Waals surface area contributed by atoms with Crippen molar-refractivity contribution in [3.63, 3.8) is 0 Å². The average Bonchev–Trinajstić information content (AvgIpc) is 2.50. The van der Waals surface area contributed by atoms with E-state index in [1.807, 2.05) is 0 Å². The first kappa shape index (κ1) is 16.9. The van der Waals surface area contributed by atoms with Gasteiger partial charge in [0.2, 0.25) is 0 Å². The number of nitrogens with zero attached hydrogens (tertiary/aromatic N) is 1. The number of anilines is 1. The van der Waals surface area contributed by atoms with Gasteiger partial charge in [0.25, 0.3) is 0 Å². The molecule has 0 spiro atoms. The van der Waals surface area contributed by atoms with E-state index in [2.05, 4.69) is 25.7 Å². The van der Waals surface area contributed by atoms with E-state index < -0.39 is 5.97 Å². The number of hydrogen-bond donors (Lipinski definition) is 1. The number of rotatable bonds is 3. The second kappa shape index (κ2) is 6.73. The molecule has 2 rings (SSSR count). The lowest BCUT2D eigenvalue weighted by Gasteiger charge is -2.12. The normalized spacial score (nSPS) is 10.4. The molecular weight excluding hydrogens is 395 g/mol. The minimum atomic E-state index is -0.671. The van der Waals surface area contributed by atoms with Crippen LogP contribution in [0.5, 0.6) is 5.75 Å². The highest BCUT2D eigenvalue weighted by molar-refractivity contribution is 9.10. The second-order valence-corrected chi connectivity index (χ2v) is 5.77. The summed E-state index contributed by atoms with van der Waals surface area (Å²) in [4.78, 5) is 16.0. The molecule has 2 aromatic rings. The van der Waals surface area contributed by atoms with Gasteiger partial charge in [0.05, 0.1) is 40.1 Å². The third-order valence-electron chi connectivity index (χ3n) is 2.89. The van der Waals surface area contributed by atoms with Crippen LogP contribution in [0.4, 0.5) is 5.69 Å². The van der Waals surface area contributed by atoms with Crippen LogP contribution < -0.4 is 10.5 Å². The molecule has 0 aliphatic carbocycles. The molecule has 0 fully saturated rings. The molecule has 0 radical (unpaired) electrons. The lowest BCUT2D eigenvalue weighted by atomic mass is 10.1. The zero-order valence-electron chi connectivity index (χ0n) is 11.6. The number of nitrogens with two attached hydrogens (primary N) is 1. The molecule has 0 amide bonds. The Labute approximate surface area is 145 Å². The summed E-state index contributed by atoms with van der Waals surface area (Å²) in [6.45, 7) is 0. The van der Waals surface area contributed by atoms with Gasteiger partial charge in [0.15, 0.2) is 11.4 Å². The zero-order chi connectivity index (χ0) is 16.4. The van der Waals surface area contributed by atoms with E-state index in [1.165, 1.54) is 14.2 Å². The average molecular weight is 406 g/mol. The summed E-state index contributed by atoms with van der Waals surface area (Å²) in [6, 6.07) is 4.94. The lowest BCUT2D eigenvalue weighted by Crippen LogP contribution is -2.08. The summed E-state index contributed by atoms with van der Waals surface area (Å²) in [5, 5.41) is 0.487. The third-order valence-corrected chi connectivity index (χ3v) is 4.38. The zero-order valence-corrected chi connectivity index (χ0v) is 14.7. The molecule has 1 aromatic carbocycles. The van der Waals surface area contributed by atoms with Gasteiger partial charge >= 0.3 is 5.97 Å². The molecule has 0 unspecified atom stereocenters. The fourth-order valence-electron chi connectivity index (χ4n) is 1.84. The Morgan fingerprint density at radius 2 is 2.00 bits per heavy atom. The SMILES string of the molecule is COC(=O)c1nc(-c2ccc(Cl)c(OC)c2Br)cc(N)c1Cl. The van der Waals surface area contributed by atoms with Crippen molar-refractivity contribution in [1.82, 2.24) is 4.98 Å². The van der Waals surface area contributed by atoms with Crippen molar-refractivity contribution in [3.05, 3.63) is 38.4 Å². The number of carbonyl (C=O) groups excluding carboxylic acids is 1. The van der Waals surface area contributed by atoms with E-state index in [4.69, 9.17) is 33.7 Å². The summed E-state index contributed by atoms with van der Waals surface area (Å²) in [5.74, 6) is -0.218. The number of esters is 1. The molecule has 0 saturated heterocycles. The van der Waals surface area contributed by atoms with Crippen LogP contribution in [0.25, 0.3) is 11.3 Å². The lowest BCUT2D eigenvalue weighted by molar-refractivity contribution is 0.0594. The van der Waals surface area contributed by atoms with Crippen LogP contribution in [0.2, 0.25) is 10.0 Å². The van der Waals surface area contributed by atoms with Crippen LogP contribution >= 0.6 is 39.1 Å². The smallest absolute Gasteiger partial charge is 0.358 e. The summed E-state index contributed by atoms with van der Waals surface area (Å²) in [5.41, 5.74) is 7.09. The Morgan fingerprint density at radius 3 is 2.59 bits per heavy atom. The molecule has 0 aliphatic heterocycles. The van der Waals surface area contributed by atoms with Gasteiger partial charge in [-0.15, -0.1) is 0 Å². The van der Waals surface area contributed by atoms with Crippen LogP contribution in [0.1, 0.15) is 10.5 Å². The highest BCUT2D eigenvalue weighted by Crippen LogP contribution is 2.41. The highest BCUT2D eigenvalue weighted by atomic mass is 79.9. The van der Waals surface area contributed by atoms with E-state index in [0.717, 1.165) is 0 Å². The molecule has 2 N–H and O–H groups in total. The van der Waals surface area contributed by atoms with Crippen molar-refractivity contribution in [2.45, 2.75) is 0 Å². The Bertz CT molecular complexity index is 753. The number of pyridine rings is 1. The first-order valence-corrected chi connectivity index (χ1v) is 7.52. The summed E-state index contributed by atoms with van der Waals surface area (Å²) in [6.07, 6.45) is 0. The van der Waals surface area contributed by atoms with Crippen molar-refractivity contribution >= 4 is 50.8 Å². The van der Waals surface area contributed by atoms with Gasteiger partial charge in [-0.2, -0.15) is 0 Å². The Morgan fingerprint density at radius 1 is 1.32 bits per heavy atom. The fourth-order valence-corrected chi connectivity index (χ4v) is 3.07. The molecule has 8 heteroatoms. The molecular formula is C14H11BrCl2N2O3. The number of halogens is 3. The Kier molecular flexibility index (Phi) is 5.16. The van der Waals surface area contributed by atoms with Gasteiger partial charge in [-0.25, -0.2) is 9.78 Å². The van der Waals surface area contributed by atoms with Crippen molar-refractivity contribution in [1.29, 1.82) is 0 Å². The quantitative estimate of drug-likeness (QED) is 0.774. The number of aromatic nitrogens is 1. The maximum absolute atomic E-state index is 11.7. The first-order chi connectivity index (χ1) is 10.4. The molecule has 1 heterocycles.